The van der Waals surface area contributed by atoms with E-state index in [1.807, 2.05) is 37.4 Å². The van der Waals surface area contributed by atoms with E-state index in [0.29, 0.717) is 5.88 Å². The first kappa shape index (κ1) is 13.5. The molecule has 0 aliphatic rings. The second-order valence-electron chi connectivity index (χ2n) is 4.77. The van der Waals surface area contributed by atoms with Crippen LogP contribution < -0.4 is 4.74 Å². The van der Waals surface area contributed by atoms with E-state index in [4.69, 9.17) is 16.3 Å². The molecule has 0 radical (unpaired) electrons. The van der Waals surface area contributed by atoms with Crippen LogP contribution >= 0.6 is 22.9 Å². The fourth-order valence-corrected chi connectivity index (χ4v) is 3.03. The quantitative estimate of drug-likeness (QED) is 0.658. The number of ether oxygens (including phenoxy) is 1. The summed E-state index contributed by atoms with van der Waals surface area (Å²) in [7, 11) is 0. The van der Waals surface area contributed by atoms with Gasteiger partial charge in [0, 0.05) is 5.38 Å². The number of rotatable bonds is 4. The van der Waals surface area contributed by atoms with Gasteiger partial charge in [0.2, 0.25) is 0 Å². The summed E-state index contributed by atoms with van der Waals surface area (Å²) in [6.07, 6.45) is 0.117. The van der Waals surface area contributed by atoms with Crippen LogP contribution in [-0.2, 0) is 5.88 Å². The molecule has 3 nitrogen and oxygen atoms in total. The maximum Gasteiger partial charge on any atom is 0.147 e. The number of nitrogens with zero attached hydrogens (tertiary/aromatic N) is 2. The van der Waals surface area contributed by atoms with Gasteiger partial charge in [-0.3, -0.25) is 4.57 Å². The van der Waals surface area contributed by atoms with Gasteiger partial charge in [0.15, 0.2) is 0 Å². The van der Waals surface area contributed by atoms with Crippen LogP contribution in [0.5, 0.6) is 5.75 Å². The maximum absolute atomic E-state index is 6.06. The van der Waals surface area contributed by atoms with Crippen molar-refractivity contribution in [1.29, 1.82) is 0 Å². The molecule has 0 spiro atoms. The van der Waals surface area contributed by atoms with Crippen LogP contribution in [0.25, 0.3) is 16.7 Å². The van der Waals surface area contributed by atoms with E-state index in [9.17, 15) is 0 Å². The minimum Gasteiger partial charge on any atom is -0.489 e. The zero-order chi connectivity index (χ0) is 14.1. The molecule has 0 atom stereocenters. The summed E-state index contributed by atoms with van der Waals surface area (Å²) in [5.41, 5.74) is 2.98. The summed E-state index contributed by atoms with van der Waals surface area (Å²) >= 11 is 7.72. The van der Waals surface area contributed by atoms with Gasteiger partial charge in [-0.25, -0.2) is 4.98 Å². The highest BCUT2D eigenvalue weighted by atomic mass is 35.5. The van der Waals surface area contributed by atoms with Crippen LogP contribution in [0.1, 0.15) is 19.7 Å². The largest absolute Gasteiger partial charge is 0.489 e. The van der Waals surface area contributed by atoms with Gasteiger partial charge < -0.3 is 4.74 Å². The number of alkyl halides is 1. The Morgan fingerprint density at radius 3 is 2.85 bits per heavy atom. The van der Waals surface area contributed by atoms with Crippen molar-refractivity contribution in [2.24, 2.45) is 0 Å². The molecule has 3 rings (SSSR count). The first-order valence-electron chi connectivity index (χ1n) is 6.46. The van der Waals surface area contributed by atoms with Crippen molar-refractivity contribution >= 4 is 34.0 Å². The molecule has 0 unspecified atom stereocenters. The Labute approximate surface area is 126 Å². The zero-order valence-corrected chi connectivity index (χ0v) is 12.9. The first-order chi connectivity index (χ1) is 9.70. The average Bonchev–Trinajstić information content (AvgIpc) is 3.04. The summed E-state index contributed by atoms with van der Waals surface area (Å²) in [5, 5.41) is 4.14. The summed E-state index contributed by atoms with van der Waals surface area (Å²) < 4.78 is 7.93. The predicted octanol–water partition coefficient (Wildman–Crippen LogP) is 4.61. The molecule has 1 aromatic carbocycles. The molecule has 0 saturated carbocycles. The van der Waals surface area contributed by atoms with Crippen molar-refractivity contribution in [2.75, 3.05) is 0 Å². The Hall–Kier alpha value is -1.52. The molecule has 5 heteroatoms. The van der Waals surface area contributed by atoms with E-state index in [-0.39, 0.29) is 6.10 Å². The Kier molecular flexibility index (Phi) is 3.68. The van der Waals surface area contributed by atoms with Gasteiger partial charge in [-0.05, 0) is 37.4 Å². The van der Waals surface area contributed by atoms with Crippen LogP contribution in [0.2, 0.25) is 0 Å². The van der Waals surface area contributed by atoms with Gasteiger partial charge in [-0.1, -0.05) is 6.07 Å². The minimum atomic E-state index is 0.117. The van der Waals surface area contributed by atoms with Gasteiger partial charge in [-0.2, -0.15) is 11.3 Å². The van der Waals surface area contributed by atoms with Crippen LogP contribution in [0, 0.1) is 0 Å². The lowest BCUT2D eigenvalue weighted by Gasteiger charge is -2.10. The molecule has 104 valence electrons. The molecule has 0 N–H and O–H groups in total. The summed E-state index contributed by atoms with van der Waals surface area (Å²) in [6, 6.07) is 8.05. The number of hydrogen-bond donors (Lipinski definition) is 0. The smallest absolute Gasteiger partial charge is 0.147 e. The van der Waals surface area contributed by atoms with Crippen LogP contribution in [-0.4, -0.2) is 15.7 Å². The second-order valence-corrected chi connectivity index (χ2v) is 5.82. The Bertz CT molecular complexity index is 719. The molecule has 0 fully saturated rings. The third kappa shape index (κ3) is 2.30. The number of aromatic nitrogens is 2. The van der Waals surface area contributed by atoms with Gasteiger partial charge >= 0.3 is 0 Å². The lowest BCUT2D eigenvalue weighted by molar-refractivity contribution is 0.245. The van der Waals surface area contributed by atoms with E-state index < -0.39 is 0 Å². The van der Waals surface area contributed by atoms with E-state index in [1.165, 1.54) is 0 Å². The third-order valence-electron chi connectivity index (χ3n) is 2.96. The van der Waals surface area contributed by atoms with Crippen molar-refractivity contribution in [3.8, 4) is 11.4 Å². The minimum absolute atomic E-state index is 0.117. The highest BCUT2D eigenvalue weighted by Gasteiger charge is 2.15. The maximum atomic E-state index is 6.06. The number of thiophene rings is 1. The summed E-state index contributed by atoms with van der Waals surface area (Å²) in [5.74, 6) is 2.00. The normalized spacial score (nSPS) is 11.4. The standard InChI is InChI=1S/C15H15ClN2OS/c1-10(2)19-13-5-3-4-12-15(13)17-14(8-16)18(12)11-6-7-20-9-11/h3-7,9-10H,8H2,1-2H3. The molecule has 0 saturated heterocycles. The lowest BCUT2D eigenvalue weighted by atomic mass is 10.3. The Morgan fingerprint density at radius 1 is 1.35 bits per heavy atom. The molecule has 20 heavy (non-hydrogen) atoms. The molecule has 0 aliphatic heterocycles. The molecule has 0 bridgehead atoms. The molecule has 3 aromatic rings. The molecule has 0 aliphatic carbocycles. The van der Waals surface area contributed by atoms with Crippen molar-refractivity contribution in [3.63, 3.8) is 0 Å². The SMILES string of the molecule is CC(C)Oc1cccc2c1nc(CCl)n2-c1ccsc1. The fourth-order valence-electron chi connectivity index (χ4n) is 2.23. The fraction of sp³-hybridized carbons (Fsp3) is 0.267. The lowest BCUT2D eigenvalue weighted by Crippen LogP contribution is -2.05. The van der Waals surface area contributed by atoms with Crippen LogP contribution in [0.15, 0.2) is 35.0 Å². The van der Waals surface area contributed by atoms with E-state index in [2.05, 4.69) is 21.0 Å². The van der Waals surface area contributed by atoms with Crippen molar-refractivity contribution < 1.29 is 4.74 Å². The van der Waals surface area contributed by atoms with Crippen molar-refractivity contribution in [3.05, 3.63) is 40.8 Å². The number of halogens is 1. The number of imidazole rings is 1. The summed E-state index contributed by atoms with van der Waals surface area (Å²) in [4.78, 5) is 4.65. The average molecular weight is 307 g/mol. The predicted molar refractivity (Wildman–Crippen MR) is 84.3 cm³/mol. The monoisotopic (exact) mass is 306 g/mol. The van der Waals surface area contributed by atoms with E-state index in [0.717, 1.165) is 28.3 Å². The topological polar surface area (TPSA) is 27.1 Å². The highest BCUT2D eigenvalue weighted by Crippen LogP contribution is 2.30. The summed E-state index contributed by atoms with van der Waals surface area (Å²) in [6.45, 7) is 4.02. The Balaban J connectivity index is 2.24. The molecule has 0 amide bonds. The molecule has 2 heterocycles. The molecular weight excluding hydrogens is 292 g/mol. The molecular formula is C15H15ClN2OS. The number of para-hydroxylation sites is 1. The Morgan fingerprint density at radius 2 is 2.20 bits per heavy atom. The molecule has 2 aromatic heterocycles. The zero-order valence-electron chi connectivity index (χ0n) is 11.3. The second kappa shape index (κ2) is 5.46. The number of hydrogen-bond acceptors (Lipinski definition) is 3. The number of benzene rings is 1. The van der Waals surface area contributed by atoms with E-state index in [1.54, 1.807) is 11.3 Å². The van der Waals surface area contributed by atoms with Crippen molar-refractivity contribution in [1.82, 2.24) is 9.55 Å². The van der Waals surface area contributed by atoms with Gasteiger partial charge in [0.25, 0.3) is 0 Å². The number of fused-ring (bicyclic) bond motifs is 1. The van der Waals surface area contributed by atoms with Crippen LogP contribution in [0.4, 0.5) is 0 Å². The van der Waals surface area contributed by atoms with Gasteiger partial charge in [-0.15, -0.1) is 11.6 Å². The van der Waals surface area contributed by atoms with E-state index >= 15 is 0 Å². The first-order valence-corrected chi connectivity index (χ1v) is 7.94. The van der Waals surface area contributed by atoms with Crippen LogP contribution in [0.3, 0.4) is 0 Å². The highest BCUT2D eigenvalue weighted by molar-refractivity contribution is 7.08. The third-order valence-corrected chi connectivity index (χ3v) is 3.87. The van der Waals surface area contributed by atoms with Crippen molar-refractivity contribution in [2.45, 2.75) is 25.8 Å². The van der Waals surface area contributed by atoms with Gasteiger partial charge in [0.05, 0.1) is 23.2 Å². The van der Waals surface area contributed by atoms with Gasteiger partial charge in [0.1, 0.15) is 17.1 Å².